The number of rotatable bonds is 9. The smallest absolute Gasteiger partial charge is 0.352 e. The maximum Gasteiger partial charge on any atom is 0.352 e. The predicted molar refractivity (Wildman–Crippen MR) is 94.4 cm³/mol. The zero-order valence-electron chi connectivity index (χ0n) is 14.8. The van der Waals surface area contributed by atoms with Gasteiger partial charge in [-0.2, -0.15) is 0 Å². The summed E-state index contributed by atoms with van der Waals surface area (Å²) in [6, 6.07) is 3.37. The molecule has 26 heavy (non-hydrogen) atoms. The molecule has 142 valence electrons. The van der Waals surface area contributed by atoms with Crippen LogP contribution in [0, 0.1) is 0 Å². The topological polar surface area (TPSA) is 135 Å². The molecule has 8 heteroatoms. The molecule has 1 aromatic heterocycles. The van der Waals surface area contributed by atoms with Crippen molar-refractivity contribution in [2.75, 3.05) is 14.2 Å². The van der Waals surface area contributed by atoms with Crippen molar-refractivity contribution in [2.45, 2.75) is 33.0 Å². The number of aliphatic hydroxyl groups is 3. The van der Waals surface area contributed by atoms with Gasteiger partial charge >= 0.3 is 5.97 Å². The Morgan fingerprint density at radius 2 is 1.81 bits per heavy atom. The van der Waals surface area contributed by atoms with Crippen LogP contribution in [-0.4, -0.2) is 45.5 Å². The minimum Gasteiger partial charge on any atom is -0.477 e. The van der Waals surface area contributed by atoms with Crippen LogP contribution in [0.1, 0.15) is 38.4 Å². The van der Waals surface area contributed by atoms with E-state index >= 15 is 0 Å². The summed E-state index contributed by atoms with van der Waals surface area (Å²) in [7, 11) is 3.21. The summed E-state index contributed by atoms with van der Waals surface area (Å²) < 4.78 is 5.19. The summed E-state index contributed by atoms with van der Waals surface area (Å²) in [6.45, 7) is -0.543. The Balaban J connectivity index is 2.83. The molecule has 0 aliphatic heterocycles. The fraction of sp³-hybridized carbons (Fsp3) is 0.389. The minimum absolute atomic E-state index is 0.0211. The maximum atomic E-state index is 11.6. The number of H-pyrrole nitrogens is 1. The molecule has 0 saturated carbocycles. The van der Waals surface area contributed by atoms with E-state index in [0.717, 1.165) is 0 Å². The van der Waals surface area contributed by atoms with Crippen LogP contribution < -0.4 is 5.32 Å². The summed E-state index contributed by atoms with van der Waals surface area (Å²) in [5.74, 6) is -1.11. The van der Waals surface area contributed by atoms with Gasteiger partial charge in [0, 0.05) is 30.5 Å². The Bertz CT molecular complexity index is 784. The molecular weight excluding hydrogens is 340 g/mol. The Hall–Kier alpha value is -2.23. The lowest BCUT2D eigenvalue weighted by molar-refractivity contribution is 0.0686. The standard InChI is InChI=1S/C18H24N2O6/c1-19-5-15-16(14(9-26-2)17(20-15)18(24)25)11-4-3-10(6-21)12(7-22)13(11)8-23/h3-4,19-23H,5-9H2,1-2H3,(H,24,25). The molecule has 0 aliphatic carbocycles. The van der Waals surface area contributed by atoms with Crippen molar-refractivity contribution < 1.29 is 30.0 Å². The van der Waals surface area contributed by atoms with Crippen LogP contribution in [0.2, 0.25) is 0 Å². The second-order valence-corrected chi connectivity index (χ2v) is 5.80. The molecule has 1 aromatic carbocycles. The summed E-state index contributed by atoms with van der Waals surface area (Å²) in [4.78, 5) is 14.6. The number of hydrogen-bond donors (Lipinski definition) is 6. The summed E-state index contributed by atoms with van der Waals surface area (Å²) in [5, 5.41) is 41.6. The Morgan fingerprint density at radius 1 is 1.12 bits per heavy atom. The van der Waals surface area contributed by atoms with Gasteiger partial charge < -0.3 is 35.5 Å². The molecule has 0 radical (unpaired) electrons. The first-order valence-electron chi connectivity index (χ1n) is 8.11. The van der Waals surface area contributed by atoms with Crippen molar-refractivity contribution in [1.82, 2.24) is 10.3 Å². The van der Waals surface area contributed by atoms with Crippen LogP contribution in [0.4, 0.5) is 0 Å². The zero-order chi connectivity index (χ0) is 19.3. The number of carboxylic acid groups (broad SMARTS) is 1. The van der Waals surface area contributed by atoms with E-state index in [2.05, 4.69) is 10.3 Å². The number of carboxylic acids is 1. The molecular formula is C18H24N2O6. The highest BCUT2D eigenvalue weighted by Gasteiger charge is 2.25. The quantitative estimate of drug-likeness (QED) is 0.386. The maximum absolute atomic E-state index is 11.6. The second kappa shape index (κ2) is 8.93. The largest absolute Gasteiger partial charge is 0.477 e. The van der Waals surface area contributed by atoms with Crippen LogP contribution in [-0.2, 0) is 37.7 Å². The van der Waals surface area contributed by atoms with E-state index in [-0.39, 0.29) is 32.1 Å². The van der Waals surface area contributed by atoms with Crippen LogP contribution in [0.25, 0.3) is 11.1 Å². The third-order valence-corrected chi connectivity index (χ3v) is 4.32. The van der Waals surface area contributed by atoms with E-state index in [9.17, 15) is 25.2 Å². The van der Waals surface area contributed by atoms with Gasteiger partial charge in [0.1, 0.15) is 5.69 Å². The monoisotopic (exact) mass is 364 g/mol. The fourth-order valence-corrected chi connectivity index (χ4v) is 3.20. The Kier molecular flexibility index (Phi) is 6.90. The summed E-state index contributed by atoms with van der Waals surface area (Å²) in [6.07, 6.45) is 0. The lowest BCUT2D eigenvalue weighted by Crippen LogP contribution is -2.08. The molecule has 0 spiro atoms. The first kappa shape index (κ1) is 20.1. The Labute approximate surface area is 151 Å². The number of aliphatic hydroxyl groups excluding tert-OH is 3. The highest BCUT2D eigenvalue weighted by Crippen LogP contribution is 2.36. The predicted octanol–water partition coefficient (Wildman–Crippen LogP) is 0.723. The highest BCUT2D eigenvalue weighted by atomic mass is 16.5. The molecule has 0 bridgehead atoms. The first-order valence-corrected chi connectivity index (χ1v) is 8.11. The molecule has 2 aromatic rings. The van der Waals surface area contributed by atoms with Crippen molar-refractivity contribution >= 4 is 5.97 Å². The van der Waals surface area contributed by atoms with E-state index in [1.165, 1.54) is 7.11 Å². The number of nitrogens with one attached hydrogen (secondary N) is 2. The molecule has 0 unspecified atom stereocenters. The van der Waals surface area contributed by atoms with Gasteiger partial charge in [-0.15, -0.1) is 0 Å². The number of carbonyl (C=O) groups is 1. The van der Waals surface area contributed by atoms with Gasteiger partial charge in [0.2, 0.25) is 0 Å². The number of ether oxygens (including phenoxy) is 1. The number of aromatic carboxylic acids is 1. The third-order valence-electron chi connectivity index (χ3n) is 4.32. The molecule has 2 rings (SSSR count). The van der Waals surface area contributed by atoms with E-state index in [0.29, 0.717) is 45.6 Å². The molecule has 1 heterocycles. The van der Waals surface area contributed by atoms with Crippen molar-refractivity contribution in [1.29, 1.82) is 0 Å². The molecule has 0 atom stereocenters. The van der Waals surface area contributed by atoms with Crippen molar-refractivity contribution in [3.8, 4) is 11.1 Å². The van der Waals surface area contributed by atoms with Crippen LogP contribution in [0.5, 0.6) is 0 Å². The SMILES string of the molecule is CNCc1[nH]c(C(=O)O)c(COC)c1-c1ccc(CO)c(CO)c1CO. The van der Waals surface area contributed by atoms with Gasteiger partial charge in [-0.3, -0.25) is 0 Å². The average molecular weight is 364 g/mol. The van der Waals surface area contributed by atoms with Crippen molar-refractivity contribution in [3.63, 3.8) is 0 Å². The molecule has 0 fully saturated rings. The minimum atomic E-state index is -1.11. The number of aromatic amines is 1. The number of methoxy groups -OCH3 is 1. The summed E-state index contributed by atoms with van der Waals surface area (Å²) >= 11 is 0. The van der Waals surface area contributed by atoms with E-state index in [1.54, 1.807) is 19.2 Å². The lowest BCUT2D eigenvalue weighted by Gasteiger charge is -2.17. The Morgan fingerprint density at radius 3 is 2.31 bits per heavy atom. The van der Waals surface area contributed by atoms with Crippen molar-refractivity contribution in [2.24, 2.45) is 0 Å². The van der Waals surface area contributed by atoms with E-state index in [4.69, 9.17) is 4.74 Å². The number of aromatic nitrogens is 1. The molecule has 0 aliphatic rings. The summed E-state index contributed by atoms with van der Waals surface area (Å²) in [5.41, 5.74) is 3.71. The normalized spacial score (nSPS) is 11.1. The molecule has 6 N–H and O–H groups in total. The molecule has 0 amide bonds. The van der Waals surface area contributed by atoms with Gasteiger partial charge in [0.05, 0.1) is 26.4 Å². The average Bonchev–Trinajstić information content (AvgIpc) is 2.99. The molecule has 8 nitrogen and oxygen atoms in total. The van der Waals surface area contributed by atoms with E-state index in [1.807, 2.05) is 0 Å². The van der Waals surface area contributed by atoms with Crippen LogP contribution >= 0.6 is 0 Å². The van der Waals surface area contributed by atoms with Gasteiger partial charge in [0.15, 0.2) is 0 Å². The van der Waals surface area contributed by atoms with Gasteiger partial charge in [-0.25, -0.2) is 4.79 Å². The van der Waals surface area contributed by atoms with Crippen LogP contribution in [0.15, 0.2) is 12.1 Å². The second-order valence-electron chi connectivity index (χ2n) is 5.80. The molecule has 0 saturated heterocycles. The zero-order valence-corrected chi connectivity index (χ0v) is 14.8. The van der Waals surface area contributed by atoms with Gasteiger partial charge in [-0.05, 0) is 29.3 Å². The fourth-order valence-electron chi connectivity index (χ4n) is 3.20. The third kappa shape index (κ3) is 3.64. The van der Waals surface area contributed by atoms with E-state index < -0.39 is 5.97 Å². The first-order chi connectivity index (χ1) is 12.5. The lowest BCUT2D eigenvalue weighted by atomic mass is 9.90. The van der Waals surface area contributed by atoms with Crippen molar-refractivity contribution in [3.05, 3.63) is 45.8 Å². The van der Waals surface area contributed by atoms with Gasteiger partial charge in [0.25, 0.3) is 0 Å². The van der Waals surface area contributed by atoms with Crippen LogP contribution in [0.3, 0.4) is 0 Å². The highest BCUT2D eigenvalue weighted by molar-refractivity contribution is 5.92. The number of hydrogen-bond acceptors (Lipinski definition) is 6. The van der Waals surface area contributed by atoms with Gasteiger partial charge in [-0.1, -0.05) is 12.1 Å². The number of benzene rings is 1.